The summed E-state index contributed by atoms with van der Waals surface area (Å²) in [5.41, 5.74) is 2.46. The Balaban J connectivity index is 0.00000120. The van der Waals surface area contributed by atoms with Gasteiger partial charge in [0.2, 0.25) is 0 Å². The van der Waals surface area contributed by atoms with E-state index < -0.39 is 0 Å². The fourth-order valence-electron chi connectivity index (χ4n) is 2.84. The lowest BCUT2D eigenvalue weighted by Gasteiger charge is -2.34. The SMILES string of the molecule is CC.CC.CC.O=C(NCc1ccccc1)N1CCN(Cc2ccccc2)CC1. The molecule has 2 aromatic carbocycles. The minimum Gasteiger partial charge on any atom is -0.334 e. The van der Waals surface area contributed by atoms with Crippen LogP contribution >= 0.6 is 0 Å². The lowest BCUT2D eigenvalue weighted by Crippen LogP contribution is -2.51. The van der Waals surface area contributed by atoms with Crippen LogP contribution in [0.2, 0.25) is 0 Å². The van der Waals surface area contributed by atoms with Gasteiger partial charge < -0.3 is 10.2 Å². The quantitative estimate of drug-likeness (QED) is 0.706. The van der Waals surface area contributed by atoms with Crippen molar-refractivity contribution in [2.75, 3.05) is 26.2 Å². The van der Waals surface area contributed by atoms with Gasteiger partial charge in [-0.25, -0.2) is 4.79 Å². The molecule has 0 aromatic heterocycles. The molecular weight excluding hydrogens is 358 g/mol. The molecule has 1 aliphatic heterocycles. The predicted molar refractivity (Wildman–Crippen MR) is 126 cm³/mol. The van der Waals surface area contributed by atoms with Gasteiger partial charge >= 0.3 is 6.03 Å². The Morgan fingerprint density at radius 2 is 1.17 bits per heavy atom. The first-order valence-electron chi connectivity index (χ1n) is 11.1. The Bertz CT molecular complexity index is 608. The predicted octanol–water partition coefficient (Wildman–Crippen LogP) is 5.79. The zero-order valence-electron chi connectivity index (χ0n) is 19.3. The second-order valence-electron chi connectivity index (χ2n) is 5.89. The molecule has 0 bridgehead atoms. The fourth-order valence-corrected chi connectivity index (χ4v) is 2.84. The summed E-state index contributed by atoms with van der Waals surface area (Å²) < 4.78 is 0. The highest BCUT2D eigenvalue weighted by Crippen LogP contribution is 2.08. The van der Waals surface area contributed by atoms with Gasteiger partial charge in [0.1, 0.15) is 0 Å². The number of carbonyl (C=O) groups excluding carboxylic acids is 1. The van der Waals surface area contributed by atoms with Crippen molar-refractivity contribution in [3.63, 3.8) is 0 Å². The monoisotopic (exact) mass is 399 g/mol. The second kappa shape index (κ2) is 17.7. The van der Waals surface area contributed by atoms with Gasteiger partial charge in [0.05, 0.1) is 0 Å². The van der Waals surface area contributed by atoms with Crippen molar-refractivity contribution in [1.29, 1.82) is 0 Å². The van der Waals surface area contributed by atoms with Crippen LogP contribution in [0.1, 0.15) is 52.7 Å². The van der Waals surface area contributed by atoms with E-state index in [0.29, 0.717) is 6.54 Å². The van der Waals surface area contributed by atoms with Gasteiger partial charge in [0, 0.05) is 39.3 Å². The van der Waals surface area contributed by atoms with Gasteiger partial charge in [0.25, 0.3) is 0 Å². The zero-order valence-corrected chi connectivity index (χ0v) is 19.3. The lowest BCUT2D eigenvalue weighted by molar-refractivity contribution is 0.135. The third-order valence-corrected chi connectivity index (χ3v) is 4.20. The van der Waals surface area contributed by atoms with E-state index in [1.54, 1.807) is 0 Å². The highest BCUT2D eigenvalue weighted by atomic mass is 16.2. The van der Waals surface area contributed by atoms with Gasteiger partial charge in [-0.3, -0.25) is 4.90 Å². The van der Waals surface area contributed by atoms with Crippen LogP contribution in [0, 0.1) is 0 Å². The number of carbonyl (C=O) groups is 1. The molecule has 1 aliphatic rings. The molecule has 1 fully saturated rings. The Morgan fingerprint density at radius 3 is 1.66 bits per heavy atom. The van der Waals surface area contributed by atoms with Gasteiger partial charge in [-0.05, 0) is 11.1 Å². The molecule has 0 spiro atoms. The molecule has 4 nitrogen and oxygen atoms in total. The van der Waals surface area contributed by atoms with Crippen molar-refractivity contribution in [3.8, 4) is 0 Å². The number of hydrogen-bond donors (Lipinski definition) is 1. The highest BCUT2D eigenvalue weighted by molar-refractivity contribution is 5.74. The molecule has 2 aromatic rings. The van der Waals surface area contributed by atoms with Crippen LogP contribution in [0.5, 0.6) is 0 Å². The van der Waals surface area contributed by atoms with Gasteiger partial charge in [-0.15, -0.1) is 0 Å². The molecule has 1 saturated heterocycles. The summed E-state index contributed by atoms with van der Waals surface area (Å²) in [6.45, 7) is 17.0. The van der Waals surface area contributed by atoms with Gasteiger partial charge in [0.15, 0.2) is 0 Å². The second-order valence-corrected chi connectivity index (χ2v) is 5.89. The first-order chi connectivity index (χ1) is 14.3. The van der Waals surface area contributed by atoms with Crippen molar-refractivity contribution in [1.82, 2.24) is 15.1 Å². The van der Waals surface area contributed by atoms with E-state index in [0.717, 1.165) is 38.3 Å². The van der Waals surface area contributed by atoms with Crippen molar-refractivity contribution in [2.45, 2.75) is 54.6 Å². The van der Waals surface area contributed by atoms with Crippen LogP contribution in [0.15, 0.2) is 60.7 Å². The average Bonchev–Trinajstić information content (AvgIpc) is 2.83. The fraction of sp³-hybridized carbons (Fsp3) is 0.480. The zero-order chi connectivity index (χ0) is 21.9. The molecule has 162 valence electrons. The number of nitrogens with zero attached hydrogens (tertiary/aromatic N) is 2. The molecule has 3 rings (SSSR count). The summed E-state index contributed by atoms with van der Waals surface area (Å²) in [6.07, 6.45) is 0. The molecule has 1 N–H and O–H groups in total. The third kappa shape index (κ3) is 10.7. The molecule has 2 amide bonds. The third-order valence-electron chi connectivity index (χ3n) is 4.20. The van der Waals surface area contributed by atoms with Crippen LogP contribution in [-0.4, -0.2) is 42.0 Å². The number of rotatable bonds is 4. The molecule has 4 heteroatoms. The molecule has 0 atom stereocenters. The van der Waals surface area contributed by atoms with Gasteiger partial charge in [-0.2, -0.15) is 0 Å². The van der Waals surface area contributed by atoms with Crippen LogP contribution < -0.4 is 5.32 Å². The van der Waals surface area contributed by atoms with E-state index in [4.69, 9.17) is 0 Å². The standard InChI is InChI=1S/C19H23N3O.3C2H6/c23-19(20-15-17-7-3-1-4-8-17)22-13-11-21(12-14-22)16-18-9-5-2-6-10-18;3*1-2/h1-10H,11-16H2,(H,20,23);3*1-2H3. The Hall–Kier alpha value is -2.33. The topological polar surface area (TPSA) is 35.6 Å². The first kappa shape index (κ1) is 26.7. The van der Waals surface area contributed by atoms with E-state index in [1.807, 2.05) is 82.8 Å². The Morgan fingerprint density at radius 1 is 0.724 bits per heavy atom. The van der Waals surface area contributed by atoms with Crippen LogP contribution in [-0.2, 0) is 13.1 Å². The highest BCUT2D eigenvalue weighted by Gasteiger charge is 2.20. The molecule has 0 radical (unpaired) electrons. The first-order valence-corrected chi connectivity index (χ1v) is 11.1. The maximum Gasteiger partial charge on any atom is 0.317 e. The summed E-state index contributed by atoms with van der Waals surface area (Å²) in [5.74, 6) is 0. The van der Waals surface area contributed by atoms with Gasteiger partial charge in [-0.1, -0.05) is 102 Å². The van der Waals surface area contributed by atoms with Crippen LogP contribution in [0.3, 0.4) is 0 Å². The van der Waals surface area contributed by atoms with E-state index in [9.17, 15) is 4.79 Å². The smallest absolute Gasteiger partial charge is 0.317 e. The van der Waals surface area contributed by atoms with Crippen molar-refractivity contribution >= 4 is 6.03 Å². The summed E-state index contributed by atoms with van der Waals surface area (Å²) in [7, 11) is 0. The Kier molecular flexibility index (Phi) is 16.3. The lowest BCUT2D eigenvalue weighted by atomic mass is 10.2. The molecule has 0 aliphatic carbocycles. The normalized spacial score (nSPS) is 12.8. The summed E-state index contributed by atoms with van der Waals surface area (Å²) in [6, 6.07) is 20.5. The number of nitrogens with one attached hydrogen (secondary N) is 1. The summed E-state index contributed by atoms with van der Waals surface area (Å²) >= 11 is 0. The molecule has 0 saturated carbocycles. The number of amides is 2. The molecule has 0 unspecified atom stereocenters. The Labute approximate surface area is 178 Å². The van der Waals surface area contributed by atoms with E-state index in [1.165, 1.54) is 5.56 Å². The molecule has 29 heavy (non-hydrogen) atoms. The van der Waals surface area contributed by atoms with Crippen LogP contribution in [0.25, 0.3) is 0 Å². The maximum absolute atomic E-state index is 12.2. The summed E-state index contributed by atoms with van der Waals surface area (Å²) in [4.78, 5) is 16.5. The van der Waals surface area contributed by atoms with Crippen molar-refractivity contribution in [2.24, 2.45) is 0 Å². The number of urea groups is 1. The minimum atomic E-state index is 0.0354. The molecular formula is C25H41N3O. The number of piperazine rings is 1. The molecule has 1 heterocycles. The number of benzene rings is 2. The van der Waals surface area contributed by atoms with E-state index >= 15 is 0 Å². The van der Waals surface area contributed by atoms with Crippen molar-refractivity contribution in [3.05, 3.63) is 71.8 Å². The van der Waals surface area contributed by atoms with Crippen molar-refractivity contribution < 1.29 is 4.79 Å². The van der Waals surface area contributed by atoms with E-state index in [-0.39, 0.29) is 6.03 Å². The maximum atomic E-state index is 12.2. The largest absolute Gasteiger partial charge is 0.334 e. The average molecular weight is 400 g/mol. The van der Waals surface area contributed by atoms with E-state index in [2.05, 4.69) is 34.5 Å². The van der Waals surface area contributed by atoms with Crippen LogP contribution in [0.4, 0.5) is 4.79 Å². The summed E-state index contributed by atoms with van der Waals surface area (Å²) in [5, 5.41) is 3.00. The number of hydrogen-bond acceptors (Lipinski definition) is 2. The minimum absolute atomic E-state index is 0.0354.